The van der Waals surface area contributed by atoms with Gasteiger partial charge < -0.3 is 14.2 Å². The highest BCUT2D eigenvalue weighted by molar-refractivity contribution is 9.10. The van der Waals surface area contributed by atoms with Gasteiger partial charge in [0.25, 0.3) is 5.91 Å². The first-order valence-electron chi connectivity index (χ1n) is 9.89. The Balaban J connectivity index is 1.87. The lowest BCUT2D eigenvalue weighted by atomic mass is 9.98. The third-order valence-corrected chi connectivity index (χ3v) is 6.08. The summed E-state index contributed by atoms with van der Waals surface area (Å²) in [4.78, 5) is 30.7. The van der Waals surface area contributed by atoms with E-state index < -0.39 is 6.04 Å². The minimum absolute atomic E-state index is 0.134. The number of hydrogen-bond acceptors (Lipinski definition) is 4. The van der Waals surface area contributed by atoms with E-state index in [4.69, 9.17) is 4.42 Å². The van der Waals surface area contributed by atoms with Gasteiger partial charge in [-0.1, -0.05) is 54.0 Å². The number of para-hydroxylation sites is 1. The molecule has 150 valence electrons. The summed E-state index contributed by atoms with van der Waals surface area (Å²) in [6, 6.07) is 14.4. The molecule has 0 fully saturated rings. The fourth-order valence-electron chi connectivity index (χ4n) is 4.01. The van der Waals surface area contributed by atoms with E-state index in [1.54, 1.807) is 23.1 Å². The molecule has 0 radical (unpaired) electrons. The van der Waals surface area contributed by atoms with Gasteiger partial charge in [-0.05, 0) is 42.9 Å². The van der Waals surface area contributed by atoms with Crippen molar-refractivity contribution in [2.24, 2.45) is 0 Å². The highest BCUT2D eigenvalue weighted by Gasteiger charge is 2.42. The van der Waals surface area contributed by atoms with Gasteiger partial charge >= 0.3 is 0 Å². The van der Waals surface area contributed by atoms with Crippen molar-refractivity contribution in [2.45, 2.75) is 19.9 Å². The van der Waals surface area contributed by atoms with Crippen molar-refractivity contribution >= 4 is 32.8 Å². The van der Waals surface area contributed by atoms with Gasteiger partial charge in [0.05, 0.1) is 17.0 Å². The molecule has 0 N–H and O–H groups in total. The molecular weight excluding hydrogens is 432 g/mol. The van der Waals surface area contributed by atoms with Gasteiger partial charge in [-0.3, -0.25) is 9.59 Å². The van der Waals surface area contributed by atoms with Crippen LogP contribution in [-0.4, -0.2) is 41.9 Å². The summed E-state index contributed by atoms with van der Waals surface area (Å²) in [5.74, 6) is -0.0572. The van der Waals surface area contributed by atoms with Crippen molar-refractivity contribution in [1.82, 2.24) is 9.80 Å². The highest BCUT2D eigenvalue weighted by atomic mass is 79.9. The second-order valence-corrected chi connectivity index (χ2v) is 8.07. The molecule has 2 aromatic carbocycles. The van der Waals surface area contributed by atoms with Gasteiger partial charge in [-0.2, -0.15) is 0 Å². The predicted molar refractivity (Wildman–Crippen MR) is 117 cm³/mol. The van der Waals surface area contributed by atoms with E-state index in [0.717, 1.165) is 29.7 Å². The molecule has 4 rings (SSSR count). The van der Waals surface area contributed by atoms with Crippen LogP contribution < -0.4 is 5.43 Å². The van der Waals surface area contributed by atoms with Crippen LogP contribution in [-0.2, 0) is 0 Å². The number of rotatable bonds is 6. The van der Waals surface area contributed by atoms with Crippen LogP contribution in [0.5, 0.6) is 0 Å². The Kier molecular flexibility index (Phi) is 5.56. The number of fused-ring (bicyclic) bond motifs is 2. The Bertz CT molecular complexity index is 1120. The molecule has 0 aliphatic carbocycles. The summed E-state index contributed by atoms with van der Waals surface area (Å²) in [7, 11) is 0. The van der Waals surface area contributed by atoms with Crippen LogP contribution >= 0.6 is 15.9 Å². The minimum Gasteiger partial charge on any atom is -0.450 e. The molecule has 0 bridgehead atoms. The third-order valence-electron chi connectivity index (χ3n) is 5.59. The molecule has 0 spiro atoms. The number of likely N-dealkylation sites (N-methyl/N-ethyl adjacent to an activating group) is 1. The van der Waals surface area contributed by atoms with E-state index in [1.165, 1.54) is 0 Å². The maximum atomic E-state index is 13.4. The zero-order chi connectivity index (χ0) is 20.5. The lowest BCUT2D eigenvalue weighted by molar-refractivity contribution is 0.0708. The maximum Gasteiger partial charge on any atom is 0.290 e. The average molecular weight is 455 g/mol. The summed E-state index contributed by atoms with van der Waals surface area (Å²) in [5.41, 5.74) is 1.65. The van der Waals surface area contributed by atoms with Crippen LogP contribution in [0.4, 0.5) is 0 Å². The number of halogens is 1. The number of amides is 1. The second-order valence-electron chi connectivity index (χ2n) is 7.15. The molecule has 0 saturated carbocycles. The first kappa shape index (κ1) is 19.9. The van der Waals surface area contributed by atoms with Crippen molar-refractivity contribution in [2.75, 3.05) is 26.2 Å². The van der Waals surface area contributed by atoms with Crippen LogP contribution in [0, 0.1) is 0 Å². The fourth-order valence-corrected chi connectivity index (χ4v) is 4.43. The van der Waals surface area contributed by atoms with E-state index in [1.807, 2.05) is 30.3 Å². The van der Waals surface area contributed by atoms with Crippen LogP contribution in [0.3, 0.4) is 0 Å². The van der Waals surface area contributed by atoms with Crippen molar-refractivity contribution in [3.63, 3.8) is 0 Å². The Hall–Kier alpha value is -2.44. The van der Waals surface area contributed by atoms with Gasteiger partial charge in [0.2, 0.25) is 5.76 Å². The quantitative estimate of drug-likeness (QED) is 0.552. The highest BCUT2D eigenvalue weighted by Crippen LogP contribution is 2.38. The normalized spacial score (nSPS) is 16.1. The van der Waals surface area contributed by atoms with Crippen molar-refractivity contribution < 1.29 is 9.21 Å². The van der Waals surface area contributed by atoms with Gasteiger partial charge in [0, 0.05) is 17.6 Å². The average Bonchev–Trinajstić information content (AvgIpc) is 3.01. The number of carbonyl (C=O) groups excluding carboxylic acids is 1. The molecule has 1 aliphatic rings. The standard InChI is InChI=1S/C23H23BrN2O3/c1-3-25(4-2)12-13-26-20(15-8-7-9-16(24)14-15)19-21(27)17-10-5-6-11-18(17)29-22(19)23(26)28/h5-11,14,20H,3-4,12-13H2,1-2H3/t20-/m0/s1. The fraction of sp³-hybridized carbons (Fsp3) is 0.304. The summed E-state index contributed by atoms with van der Waals surface area (Å²) >= 11 is 3.51. The van der Waals surface area contributed by atoms with Crippen LogP contribution in [0.1, 0.15) is 41.6 Å². The van der Waals surface area contributed by atoms with Crippen molar-refractivity contribution in [3.05, 3.63) is 80.1 Å². The molecular formula is C23H23BrN2O3. The van der Waals surface area contributed by atoms with Crippen molar-refractivity contribution in [1.29, 1.82) is 0 Å². The van der Waals surface area contributed by atoms with E-state index in [-0.39, 0.29) is 17.1 Å². The van der Waals surface area contributed by atoms with Crippen molar-refractivity contribution in [3.8, 4) is 0 Å². The first-order valence-corrected chi connectivity index (χ1v) is 10.7. The van der Waals surface area contributed by atoms with Crippen LogP contribution in [0.2, 0.25) is 0 Å². The monoisotopic (exact) mass is 454 g/mol. The number of benzene rings is 2. The van der Waals surface area contributed by atoms with E-state index >= 15 is 0 Å². The SMILES string of the molecule is CCN(CC)CCN1C(=O)c2oc3ccccc3c(=O)c2[C@@H]1c1cccc(Br)c1. The van der Waals surface area contributed by atoms with Gasteiger partial charge in [-0.25, -0.2) is 0 Å². The number of nitrogens with zero attached hydrogens (tertiary/aromatic N) is 2. The van der Waals surface area contributed by atoms with Crippen LogP contribution in [0.15, 0.2) is 62.2 Å². The first-order chi connectivity index (χ1) is 14.0. The molecule has 1 amide bonds. The Morgan fingerprint density at radius 2 is 1.83 bits per heavy atom. The molecule has 2 heterocycles. The predicted octanol–water partition coefficient (Wildman–Crippen LogP) is 4.44. The van der Waals surface area contributed by atoms with E-state index in [0.29, 0.717) is 23.1 Å². The topological polar surface area (TPSA) is 53.8 Å². The number of hydrogen-bond donors (Lipinski definition) is 0. The molecule has 29 heavy (non-hydrogen) atoms. The summed E-state index contributed by atoms with van der Waals surface area (Å²) < 4.78 is 6.86. The molecule has 1 aliphatic heterocycles. The second kappa shape index (κ2) is 8.13. The summed E-state index contributed by atoms with van der Waals surface area (Å²) in [5, 5.41) is 0.504. The summed E-state index contributed by atoms with van der Waals surface area (Å²) in [6.45, 7) is 7.30. The lowest BCUT2D eigenvalue weighted by Gasteiger charge is -2.28. The van der Waals surface area contributed by atoms with Gasteiger partial charge in [0.15, 0.2) is 5.43 Å². The zero-order valence-electron chi connectivity index (χ0n) is 16.5. The molecule has 0 saturated heterocycles. The lowest BCUT2D eigenvalue weighted by Crippen LogP contribution is -2.37. The maximum absolute atomic E-state index is 13.4. The van der Waals surface area contributed by atoms with E-state index in [9.17, 15) is 9.59 Å². The van der Waals surface area contributed by atoms with E-state index in [2.05, 4.69) is 34.7 Å². The molecule has 5 nitrogen and oxygen atoms in total. The smallest absolute Gasteiger partial charge is 0.290 e. The molecule has 0 unspecified atom stereocenters. The molecule has 1 atom stereocenters. The largest absolute Gasteiger partial charge is 0.450 e. The molecule has 3 aromatic rings. The third kappa shape index (κ3) is 3.51. The molecule has 1 aromatic heterocycles. The van der Waals surface area contributed by atoms with Crippen LogP contribution in [0.25, 0.3) is 11.0 Å². The van der Waals surface area contributed by atoms with Gasteiger partial charge in [0.1, 0.15) is 5.58 Å². The Morgan fingerprint density at radius 1 is 1.07 bits per heavy atom. The Morgan fingerprint density at radius 3 is 2.55 bits per heavy atom. The van der Waals surface area contributed by atoms with Gasteiger partial charge in [-0.15, -0.1) is 0 Å². The molecule has 6 heteroatoms. The zero-order valence-corrected chi connectivity index (χ0v) is 18.1. The summed E-state index contributed by atoms with van der Waals surface area (Å²) in [6.07, 6.45) is 0. The Labute approximate surface area is 178 Å². The minimum atomic E-state index is -0.452. The number of carbonyl (C=O) groups is 1.